The molecule has 0 unspecified atom stereocenters. The van der Waals surface area contributed by atoms with Crippen LogP contribution in [0.3, 0.4) is 0 Å². The van der Waals surface area contributed by atoms with Gasteiger partial charge in [-0.2, -0.15) is 26.7 Å². The van der Waals surface area contributed by atoms with Crippen LogP contribution in [0.2, 0.25) is 0 Å². The van der Waals surface area contributed by atoms with Crippen molar-refractivity contribution in [3.05, 3.63) is 65.7 Å². The summed E-state index contributed by atoms with van der Waals surface area (Å²) in [6.45, 7) is 0. The molecule has 0 bridgehead atoms. The van der Waals surface area contributed by atoms with Gasteiger partial charge in [0.2, 0.25) is 0 Å². The second-order valence-corrected chi connectivity index (χ2v) is 5.95. The third kappa shape index (κ3) is 4.08. The molecule has 0 radical (unpaired) electrons. The Labute approximate surface area is 125 Å². The maximum atomic E-state index is 12.5. The Bertz CT molecular complexity index is 772. The van der Waals surface area contributed by atoms with Gasteiger partial charge < -0.3 is 0 Å². The molecule has 2 rings (SSSR count). The number of rotatable bonds is 4. The van der Waals surface area contributed by atoms with Crippen LogP contribution in [0.15, 0.2) is 64.6 Å². The molecule has 8 heteroatoms. The summed E-state index contributed by atoms with van der Waals surface area (Å²) in [7, 11) is -3.84. The maximum Gasteiger partial charge on any atom is 0.416 e. The molecular weight excluding hydrogens is 317 g/mol. The maximum absolute atomic E-state index is 12.5. The van der Waals surface area contributed by atoms with Crippen molar-refractivity contribution in [2.45, 2.75) is 11.1 Å². The second-order valence-electron chi connectivity index (χ2n) is 4.29. The lowest BCUT2D eigenvalue weighted by atomic mass is 10.1. The van der Waals surface area contributed by atoms with Crippen LogP contribution >= 0.6 is 0 Å². The van der Waals surface area contributed by atoms with Crippen LogP contribution in [0.25, 0.3) is 0 Å². The van der Waals surface area contributed by atoms with E-state index in [1.54, 1.807) is 18.2 Å². The zero-order valence-corrected chi connectivity index (χ0v) is 11.9. The molecule has 22 heavy (non-hydrogen) atoms. The van der Waals surface area contributed by atoms with E-state index in [1.165, 1.54) is 24.3 Å². The number of nitrogens with one attached hydrogen (secondary N) is 1. The molecule has 2 aromatic carbocycles. The van der Waals surface area contributed by atoms with E-state index in [0.29, 0.717) is 0 Å². The number of nitrogens with zero attached hydrogens (tertiary/aromatic N) is 1. The molecule has 0 spiro atoms. The van der Waals surface area contributed by atoms with Gasteiger partial charge in [0.25, 0.3) is 10.0 Å². The van der Waals surface area contributed by atoms with Crippen LogP contribution in [-0.4, -0.2) is 14.6 Å². The second kappa shape index (κ2) is 6.18. The van der Waals surface area contributed by atoms with E-state index in [-0.39, 0.29) is 10.5 Å². The predicted octanol–water partition coefficient (Wildman–Crippen LogP) is 3.02. The Morgan fingerprint density at radius 1 is 1.00 bits per heavy atom. The van der Waals surface area contributed by atoms with Crippen molar-refractivity contribution in [1.29, 1.82) is 0 Å². The Hall–Kier alpha value is -2.35. The van der Waals surface area contributed by atoms with Crippen molar-refractivity contribution in [3.63, 3.8) is 0 Å². The first-order valence-corrected chi connectivity index (χ1v) is 7.54. The molecule has 116 valence electrons. The quantitative estimate of drug-likeness (QED) is 0.693. The van der Waals surface area contributed by atoms with Crippen molar-refractivity contribution in [2.24, 2.45) is 5.10 Å². The van der Waals surface area contributed by atoms with Crippen molar-refractivity contribution in [2.75, 3.05) is 0 Å². The fourth-order valence-corrected chi connectivity index (χ4v) is 2.43. The summed E-state index contributed by atoms with van der Waals surface area (Å²) in [5.41, 5.74) is -0.701. The number of sulfonamides is 1. The van der Waals surface area contributed by atoms with E-state index in [0.717, 1.165) is 18.3 Å². The Morgan fingerprint density at radius 2 is 1.68 bits per heavy atom. The molecule has 0 saturated heterocycles. The van der Waals surface area contributed by atoms with Crippen molar-refractivity contribution in [1.82, 2.24) is 4.83 Å². The Morgan fingerprint density at radius 3 is 2.32 bits per heavy atom. The SMILES string of the molecule is O=S(=O)(N/N=C/c1cccc(C(F)(F)F)c1)c1ccccc1. The van der Waals surface area contributed by atoms with Gasteiger partial charge >= 0.3 is 6.18 Å². The first kappa shape index (κ1) is 16.0. The van der Waals surface area contributed by atoms with Crippen molar-refractivity contribution >= 4 is 16.2 Å². The lowest BCUT2D eigenvalue weighted by molar-refractivity contribution is -0.137. The summed E-state index contributed by atoms with van der Waals surface area (Å²) in [4.78, 5) is 1.95. The van der Waals surface area contributed by atoms with Gasteiger partial charge in [0.15, 0.2) is 0 Å². The van der Waals surface area contributed by atoms with E-state index >= 15 is 0 Å². The molecule has 0 aliphatic carbocycles. The molecule has 4 nitrogen and oxygen atoms in total. The number of alkyl halides is 3. The van der Waals surface area contributed by atoms with E-state index < -0.39 is 21.8 Å². The first-order chi connectivity index (χ1) is 10.3. The van der Waals surface area contributed by atoms with Gasteiger partial charge in [-0.1, -0.05) is 30.3 Å². The zero-order valence-electron chi connectivity index (χ0n) is 11.1. The first-order valence-electron chi connectivity index (χ1n) is 6.06. The van der Waals surface area contributed by atoms with Crippen LogP contribution < -0.4 is 4.83 Å². The fraction of sp³-hybridized carbons (Fsp3) is 0.0714. The normalized spacial score (nSPS) is 12.5. The van der Waals surface area contributed by atoms with Crippen LogP contribution in [-0.2, 0) is 16.2 Å². The van der Waals surface area contributed by atoms with Crippen molar-refractivity contribution < 1.29 is 21.6 Å². The fourth-order valence-electron chi connectivity index (χ4n) is 1.62. The number of benzene rings is 2. The summed E-state index contributed by atoms with van der Waals surface area (Å²) in [5, 5.41) is 3.48. The highest BCUT2D eigenvalue weighted by Gasteiger charge is 2.30. The van der Waals surface area contributed by atoms with Crippen molar-refractivity contribution in [3.8, 4) is 0 Å². The van der Waals surface area contributed by atoms with Crippen LogP contribution in [0.4, 0.5) is 13.2 Å². The summed E-state index contributed by atoms with van der Waals surface area (Å²) in [6, 6.07) is 11.9. The highest BCUT2D eigenvalue weighted by molar-refractivity contribution is 7.89. The molecule has 0 heterocycles. The molecular formula is C14H11F3N2O2S. The molecule has 0 saturated carbocycles. The third-order valence-electron chi connectivity index (χ3n) is 2.65. The van der Waals surface area contributed by atoms with Crippen LogP contribution in [0, 0.1) is 0 Å². The lowest BCUT2D eigenvalue weighted by Crippen LogP contribution is -2.18. The van der Waals surface area contributed by atoms with E-state index in [4.69, 9.17) is 0 Å². The molecule has 0 aliphatic heterocycles. The monoisotopic (exact) mass is 328 g/mol. The largest absolute Gasteiger partial charge is 0.416 e. The average Bonchev–Trinajstić information content (AvgIpc) is 2.47. The topological polar surface area (TPSA) is 58.5 Å². The molecule has 0 amide bonds. The summed E-state index contributed by atoms with van der Waals surface area (Å²) in [5.74, 6) is 0. The van der Waals surface area contributed by atoms with Crippen LogP contribution in [0.5, 0.6) is 0 Å². The van der Waals surface area contributed by atoms with Gasteiger partial charge in [0.05, 0.1) is 16.7 Å². The highest BCUT2D eigenvalue weighted by Crippen LogP contribution is 2.29. The van der Waals surface area contributed by atoms with Gasteiger partial charge in [-0.15, -0.1) is 0 Å². The minimum atomic E-state index is -4.46. The molecule has 1 N–H and O–H groups in total. The van der Waals surface area contributed by atoms with Gasteiger partial charge in [-0.25, -0.2) is 4.83 Å². The lowest BCUT2D eigenvalue weighted by Gasteiger charge is -2.06. The predicted molar refractivity (Wildman–Crippen MR) is 75.8 cm³/mol. The van der Waals surface area contributed by atoms with Crippen LogP contribution in [0.1, 0.15) is 11.1 Å². The number of hydrogen-bond acceptors (Lipinski definition) is 3. The van der Waals surface area contributed by atoms with Gasteiger partial charge in [0, 0.05) is 0 Å². The third-order valence-corrected chi connectivity index (χ3v) is 3.89. The Balaban J connectivity index is 2.14. The van der Waals surface area contributed by atoms with Gasteiger partial charge in [0.1, 0.15) is 0 Å². The highest BCUT2D eigenvalue weighted by atomic mass is 32.2. The number of hydrogen-bond donors (Lipinski definition) is 1. The minimum Gasteiger partial charge on any atom is -0.200 e. The van der Waals surface area contributed by atoms with Gasteiger partial charge in [-0.05, 0) is 29.8 Å². The standard InChI is InChI=1S/C14H11F3N2O2S/c15-14(16,17)12-6-4-5-11(9-12)10-18-19-22(20,21)13-7-2-1-3-8-13/h1-10,19H/b18-10+. The number of hydrazone groups is 1. The smallest absolute Gasteiger partial charge is 0.200 e. The molecule has 0 fully saturated rings. The molecule has 0 atom stereocenters. The van der Waals surface area contributed by atoms with Gasteiger partial charge in [-0.3, -0.25) is 0 Å². The average molecular weight is 328 g/mol. The number of halogens is 3. The zero-order chi connectivity index (χ0) is 16.2. The van der Waals surface area contributed by atoms with E-state index in [2.05, 4.69) is 5.10 Å². The summed E-state index contributed by atoms with van der Waals surface area (Å²) < 4.78 is 61.3. The Kier molecular flexibility index (Phi) is 4.51. The molecule has 2 aromatic rings. The summed E-state index contributed by atoms with van der Waals surface area (Å²) in [6.07, 6.45) is -3.46. The summed E-state index contributed by atoms with van der Waals surface area (Å²) >= 11 is 0. The van der Waals surface area contributed by atoms with E-state index in [1.807, 2.05) is 4.83 Å². The molecule has 0 aliphatic rings. The molecule has 0 aromatic heterocycles. The minimum absolute atomic E-state index is 0.0104. The van der Waals surface area contributed by atoms with E-state index in [9.17, 15) is 21.6 Å².